The molecule has 17 nitrogen and oxygen atoms in total. The number of carbonyl (C=O) groups is 1. The average Bonchev–Trinajstić information content (AvgIpc) is 3.53. The van der Waals surface area contributed by atoms with Gasteiger partial charge in [0.2, 0.25) is 6.29 Å². The molecular weight excluding hydrogens is 642 g/mol. The Hall–Kier alpha value is -3.29. The smallest absolute Gasteiger partial charge is 0.311 e. The van der Waals surface area contributed by atoms with Crippen LogP contribution in [0.2, 0.25) is 0 Å². The van der Waals surface area contributed by atoms with Crippen molar-refractivity contribution in [2.24, 2.45) is 5.41 Å². The van der Waals surface area contributed by atoms with Gasteiger partial charge in [-0.25, -0.2) is 5.48 Å². The van der Waals surface area contributed by atoms with Gasteiger partial charge in [0.15, 0.2) is 5.75 Å². The Morgan fingerprint density at radius 2 is 1.90 bits per heavy atom. The first-order valence-corrected chi connectivity index (χ1v) is 16.7. The number of nitro groups is 1. The molecule has 2 aromatic rings. The highest BCUT2D eigenvalue weighted by Crippen LogP contribution is 2.35. The first kappa shape index (κ1) is 45.7. The van der Waals surface area contributed by atoms with Gasteiger partial charge in [-0.05, 0) is 25.1 Å². The quantitative estimate of drug-likeness (QED) is 0.0840. The van der Waals surface area contributed by atoms with E-state index in [1.165, 1.54) is 25.1 Å². The highest BCUT2D eigenvalue weighted by Gasteiger charge is 2.38. The number of nitrogens with zero attached hydrogens (tertiary/aromatic N) is 4. The molecule has 5 unspecified atom stereocenters. The van der Waals surface area contributed by atoms with Crippen LogP contribution in [0.3, 0.4) is 0 Å². The molecule has 5 atom stereocenters. The second kappa shape index (κ2) is 24.8. The van der Waals surface area contributed by atoms with Crippen molar-refractivity contribution in [3.05, 3.63) is 45.8 Å². The van der Waals surface area contributed by atoms with Crippen LogP contribution >= 0.6 is 0 Å². The van der Waals surface area contributed by atoms with Crippen LogP contribution in [0.5, 0.6) is 5.75 Å². The van der Waals surface area contributed by atoms with Gasteiger partial charge in [-0.1, -0.05) is 59.7 Å². The van der Waals surface area contributed by atoms with Crippen LogP contribution in [-0.4, -0.2) is 99.7 Å². The summed E-state index contributed by atoms with van der Waals surface area (Å²) in [4.78, 5) is 27.9. The molecule has 1 fully saturated rings. The van der Waals surface area contributed by atoms with Crippen LogP contribution in [0.25, 0.3) is 0 Å². The lowest BCUT2D eigenvalue weighted by molar-refractivity contribution is -0.386. The largest absolute Gasteiger partial charge is 0.458 e. The van der Waals surface area contributed by atoms with E-state index >= 15 is 0 Å². The third kappa shape index (κ3) is 16.8. The third-order valence-corrected chi connectivity index (χ3v) is 6.62. The van der Waals surface area contributed by atoms with E-state index in [9.17, 15) is 30.2 Å². The van der Waals surface area contributed by atoms with E-state index in [-0.39, 0.29) is 24.0 Å². The molecule has 3 rings (SSSR count). The van der Waals surface area contributed by atoms with E-state index in [1.807, 2.05) is 41.7 Å². The Morgan fingerprint density at radius 1 is 1.22 bits per heavy atom. The number of nitrogens with one attached hydrogen (secondary N) is 3. The van der Waals surface area contributed by atoms with E-state index in [0.717, 1.165) is 13.0 Å². The lowest BCUT2D eigenvalue weighted by atomic mass is 9.95. The number of hydrogen-bond donors (Lipinski definition) is 6. The molecule has 0 saturated carbocycles. The highest BCUT2D eigenvalue weighted by atomic mass is 16.7. The SMILES string of the molecule is CC.CC.CCCn1cc(CC(OC(C)=O)c2ccc(OC3CC(O)C(O)C(CO)O3)c([N+](=O)[O-])c2)nn1.CNNCC(C)(C)CONC. The minimum absolute atomic E-state index is 0.144. The lowest BCUT2D eigenvalue weighted by Gasteiger charge is -2.35. The maximum atomic E-state index is 11.8. The monoisotopic (exact) mass is 701 g/mol. The van der Waals surface area contributed by atoms with E-state index in [0.29, 0.717) is 24.4 Å². The summed E-state index contributed by atoms with van der Waals surface area (Å²) in [5.41, 5.74) is 9.21. The Morgan fingerprint density at radius 3 is 2.45 bits per heavy atom. The number of nitro benzene ring substituents is 1. The van der Waals surface area contributed by atoms with E-state index in [2.05, 4.69) is 40.5 Å². The maximum Gasteiger partial charge on any atom is 0.311 e. The maximum absolute atomic E-state index is 11.8. The van der Waals surface area contributed by atoms with E-state index in [4.69, 9.17) is 19.0 Å². The zero-order chi connectivity index (χ0) is 37.6. The van der Waals surface area contributed by atoms with Crippen molar-refractivity contribution in [1.82, 2.24) is 31.3 Å². The van der Waals surface area contributed by atoms with Crippen molar-refractivity contribution < 1.29 is 44.1 Å². The normalized spacial score (nSPS) is 19.1. The second-order valence-corrected chi connectivity index (χ2v) is 11.2. The molecule has 1 aliphatic rings. The summed E-state index contributed by atoms with van der Waals surface area (Å²) in [6.07, 6.45) is -3.01. The third-order valence-electron chi connectivity index (χ3n) is 6.62. The Bertz CT molecular complexity index is 1190. The number of rotatable bonds is 16. The number of aliphatic hydroxyl groups is 3. The van der Waals surface area contributed by atoms with Crippen molar-refractivity contribution in [2.75, 3.05) is 33.9 Å². The van der Waals surface area contributed by atoms with Crippen molar-refractivity contribution in [3.63, 3.8) is 0 Å². The Labute approximate surface area is 289 Å². The number of aryl methyl sites for hydroxylation is 1. The fraction of sp³-hybridized carbons (Fsp3) is 0.719. The van der Waals surface area contributed by atoms with Crippen LogP contribution in [0.4, 0.5) is 5.69 Å². The standard InChI is InChI=1S/C21H28N4O9.C7H19N3O.2C2H6/c1-3-6-24-10-14(22-23-24)8-18(32-12(2)27)13-4-5-17(15(7-13)25(30)31)33-20-9-16(28)21(29)19(11-26)34-20;1-7(2,5-10-8-3)6-11-9-4;2*1-2/h4-5,7,10,16,18-21,26,28-29H,3,6,8-9,11H2,1-2H3;8-10H,5-6H2,1-4H3;2*1-2H3. The molecule has 0 bridgehead atoms. The summed E-state index contributed by atoms with van der Waals surface area (Å²) in [6, 6.07) is 4.09. The second-order valence-electron chi connectivity index (χ2n) is 11.2. The number of aromatic nitrogens is 3. The summed E-state index contributed by atoms with van der Waals surface area (Å²) in [5, 5.41) is 48.9. The van der Waals surface area contributed by atoms with Crippen LogP contribution in [0.1, 0.15) is 85.6 Å². The summed E-state index contributed by atoms with van der Waals surface area (Å²) in [6.45, 7) is 17.2. The number of aliphatic hydroxyl groups excluding tert-OH is 3. The number of benzene rings is 1. The van der Waals surface area contributed by atoms with Crippen molar-refractivity contribution in [2.45, 2.75) is 112 Å². The topological polar surface area (TPSA) is 225 Å². The highest BCUT2D eigenvalue weighted by molar-refractivity contribution is 5.66. The van der Waals surface area contributed by atoms with Crippen molar-refractivity contribution in [3.8, 4) is 5.75 Å². The van der Waals surface area contributed by atoms with Gasteiger partial charge in [0.1, 0.15) is 18.3 Å². The molecule has 2 heterocycles. The molecule has 0 amide bonds. The van der Waals surface area contributed by atoms with Crippen molar-refractivity contribution in [1.29, 1.82) is 0 Å². The molecule has 0 aliphatic carbocycles. The molecule has 0 spiro atoms. The van der Waals surface area contributed by atoms with Crippen LogP contribution in [-0.2, 0) is 32.1 Å². The summed E-state index contributed by atoms with van der Waals surface area (Å²) in [7, 11) is 3.62. The summed E-state index contributed by atoms with van der Waals surface area (Å²) >= 11 is 0. The van der Waals surface area contributed by atoms with Gasteiger partial charge in [0.05, 0.1) is 29.9 Å². The zero-order valence-electron chi connectivity index (χ0n) is 30.6. The summed E-state index contributed by atoms with van der Waals surface area (Å²) in [5.74, 6) is -0.707. The Kier molecular flexibility index (Phi) is 23.1. The molecule has 1 aromatic carbocycles. The zero-order valence-corrected chi connectivity index (χ0v) is 30.6. The number of hydrazine groups is 1. The van der Waals surface area contributed by atoms with E-state index < -0.39 is 53.9 Å². The van der Waals surface area contributed by atoms with Crippen LogP contribution < -0.4 is 21.1 Å². The Balaban J connectivity index is 0.00000130. The molecule has 49 heavy (non-hydrogen) atoms. The molecule has 0 radical (unpaired) electrons. The minimum atomic E-state index is -1.30. The lowest BCUT2D eigenvalue weighted by Crippen LogP contribution is -2.51. The van der Waals surface area contributed by atoms with Crippen LogP contribution in [0, 0.1) is 15.5 Å². The minimum Gasteiger partial charge on any atom is -0.458 e. The predicted octanol–water partition coefficient (Wildman–Crippen LogP) is 2.59. The molecular formula is C32H59N7O10. The molecule has 1 aliphatic heterocycles. The van der Waals surface area contributed by atoms with Gasteiger partial charge in [-0.2, -0.15) is 0 Å². The summed E-state index contributed by atoms with van der Waals surface area (Å²) < 4.78 is 18.0. The fourth-order valence-electron chi connectivity index (χ4n) is 4.30. The number of hydrogen-bond acceptors (Lipinski definition) is 15. The molecule has 17 heteroatoms. The van der Waals surface area contributed by atoms with Gasteiger partial charge < -0.3 is 34.4 Å². The predicted molar refractivity (Wildman–Crippen MR) is 183 cm³/mol. The van der Waals surface area contributed by atoms with Gasteiger partial charge in [-0.15, -0.1) is 5.10 Å². The molecule has 6 N–H and O–H groups in total. The first-order chi connectivity index (χ1) is 23.3. The van der Waals surface area contributed by atoms with E-state index in [1.54, 1.807) is 17.9 Å². The first-order valence-electron chi connectivity index (χ1n) is 16.7. The van der Waals surface area contributed by atoms with Gasteiger partial charge >= 0.3 is 11.7 Å². The van der Waals surface area contributed by atoms with Gasteiger partial charge in [0.25, 0.3) is 0 Å². The average molecular weight is 702 g/mol. The number of ether oxygens (including phenoxy) is 3. The molecule has 1 saturated heterocycles. The molecule has 282 valence electrons. The van der Waals surface area contributed by atoms with Crippen molar-refractivity contribution >= 4 is 11.7 Å². The fourth-order valence-corrected chi connectivity index (χ4v) is 4.30. The van der Waals surface area contributed by atoms with Gasteiger partial charge in [-0.3, -0.25) is 30.4 Å². The number of carbonyl (C=O) groups excluding carboxylic acids is 1. The van der Waals surface area contributed by atoms with Gasteiger partial charge in [0, 0.05) is 57.6 Å². The van der Waals surface area contributed by atoms with Crippen LogP contribution in [0.15, 0.2) is 24.4 Å². The number of hydroxylamine groups is 1. The number of esters is 1. The molecule has 1 aromatic heterocycles.